The third-order valence-electron chi connectivity index (χ3n) is 4.06. The molecule has 0 aliphatic carbocycles. The molecule has 0 fully saturated rings. The van der Waals surface area contributed by atoms with Crippen molar-refractivity contribution in [2.24, 2.45) is 5.92 Å². The van der Waals surface area contributed by atoms with Crippen LogP contribution in [-0.2, 0) is 15.3 Å². The van der Waals surface area contributed by atoms with E-state index in [-0.39, 0.29) is 29.6 Å². The van der Waals surface area contributed by atoms with Gasteiger partial charge in [-0.15, -0.1) is 23.1 Å². The van der Waals surface area contributed by atoms with Gasteiger partial charge >= 0.3 is 5.97 Å². The van der Waals surface area contributed by atoms with Gasteiger partial charge in [0.25, 0.3) is 5.56 Å². The Hall–Kier alpha value is -1.87. The molecule has 0 saturated carbocycles. The maximum absolute atomic E-state index is 12.2. The Morgan fingerprint density at radius 2 is 2.20 bits per heavy atom. The molecule has 0 aliphatic rings. The molecule has 1 unspecified atom stereocenters. The fourth-order valence-electron chi connectivity index (χ4n) is 2.27. The number of carbonyl (C=O) groups is 2. The van der Waals surface area contributed by atoms with Crippen molar-refractivity contribution in [2.45, 2.75) is 38.5 Å². The second kappa shape index (κ2) is 8.01. The number of amides is 1. The number of carboxylic acids is 1. The molecule has 2 N–H and O–H groups in total. The maximum Gasteiger partial charge on any atom is 0.305 e. The summed E-state index contributed by atoms with van der Waals surface area (Å²) in [5.41, 5.74) is -0.307. The van der Waals surface area contributed by atoms with Gasteiger partial charge < -0.3 is 10.4 Å². The minimum atomic E-state index is -0.946. The summed E-state index contributed by atoms with van der Waals surface area (Å²) in [5, 5.41) is 13.7. The Bertz CT molecular complexity index is 830. The zero-order valence-corrected chi connectivity index (χ0v) is 15.9. The van der Waals surface area contributed by atoms with E-state index in [1.54, 1.807) is 18.5 Å². The largest absolute Gasteiger partial charge is 0.481 e. The summed E-state index contributed by atoms with van der Waals surface area (Å²) in [5.74, 6) is -0.572. The minimum Gasteiger partial charge on any atom is -0.481 e. The lowest BCUT2D eigenvalue weighted by atomic mass is 9.85. The van der Waals surface area contributed by atoms with Crippen LogP contribution in [0.2, 0.25) is 0 Å². The van der Waals surface area contributed by atoms with E-state index < -0.39 is 11.5 Å². The van der Waals surface area contributed by atoms with E-state index >= 15 is 0 Å². The highest BCUT2D eigenvalue weighted by molar-refractivity contribution is 7.99. The lowest BCUT2D eigenvalue weighted by molar-refractivity contribution is -0.139. The zero-order valence-electron chi connectivity index (χ0n) is 14.3. The first kappa shape index (κ1) is 19.5. The molecule has 0 radical (unpaired) electrons. The quantitative estimate of drug-likeness (QED) is 0.723. The third kappa shape index (κ3) is 5.05. The Labute approximate surface area is 153 Å². The van der Waals surface area contributed by atoms with E-state index in [2.05, 4.69) is 10.3 Å². The number of rotatable bonds is 8. The fourth-order valence-corrected chi connectivity index (χ4v) is 3.73. The van der Waals surface area contributed by atoms with Gasteiger partial charge in [-0.05, 0) is 12.8 Å². The van der Waals surface area contributed by atoms with Crippen molar-refractivity contribution in [3.05, 3.63) is 33.7 Å². The highest BCUT2D eigenvalue weighted by Crippen LogP contribution is 2.21. The minimum absolute atomic E-state index is 0.0134. The summed E-state index contributed by atoms with van der Waals surface area (Å²) in [6.45, 7) is 5.50. The highest BCUT2D eigenvalue weighted by Gasteiger charge is 2.32. The van der Waals surface area contributed by atoms with Crippen LogP contribution in [0.1, 0.15) is 32.9 Å². The summed E-state index contributed by atoms with van der Waals surface area (Å²) in [6.07, 6.45) is 1.54. The molecule has 2 heterocycles. The molecule has 0 saturated heterocycles. The van der Waals surface area contributed by atoms with E-state index in [9.17, 15) is 14.4 Å². The third-order valence-corrected chi connectivity index (χ3v) is 5.78. The van der Waals surface area contributed by atoms with E-state index in [1.807, 2.05) is 13.8 Å². The van der Waals surface area contributed by atoms with Crippen LogP contribution in [-0.4, -0.2) is 37.7 Å². The maximum atomic E-state index is 12.2. The monoisotopic (exact) mass is 383 g/mol. The molecule has 1 amide bonds. The van der Waals surface area contributed by atoms with Crippen molar-refractivity contribution >= 4 is 39.9 Å². The van der Waals surface area contributed by atoms with E-state index in [1.165, 1.54) is 33.6 Å². The molecule has 0 bridgehead atoms. The predicted octanol–water partition coefficient (Wildman–Crippen LogP) is 1.99. The van der Waals surface area contributed by atoms with Crippen LogP contribution in [0.5, 0.6) is 0 Å². The summed E-state index contributed by atoms with van der Waals surface area (Å²) in [4.78, 5) is 40.1. The van der Waals surface area contributed by atoms with Gasteiger partial charge in [0, 0.05) is 28.9 Å². The molecule has 2 aromatic heterocycles. The summed E-state index contributed by atoms with van der Waals surface area (Å²) < 4.78 is 1.48. The molecule has 25 heavy (non-hydrogen) atoms. The smallest absolute Gasteiger partial charge is 0.305 e. The van der Waals surface area contributed by atoms with Gasteiger partial charge in [-0.25, -0.2) is 4.98 Å². The summed E-state index contributed by atoms with van der Waals surface area (Å²) in [7, 11) is 0. The Morgan fingerprint density at radius 3 is 2.84 bits per heavy atom. The first-order valence-electron chi connectivity index (χ1n) is 7.77. The number of hydrogen-bond donors (Lipinski definition) is 2. The molecule has 0 aliphatic heterocycles. The lowest BCUT2D eigenvalue weighted by Crippen LogP contribution is -2.51. The van der Waals surface area contributed by atoms with Crippen molar-refractivity contribution in [2.75, 3.05) is 5.75 Å². The Morgan fingerprint density at radius 1 is 1.48 bits per heavy atom. The number of hydrogen-bond acceptors (Lipinski definition) is 6. The van der Waals surface area contributed by atoms with E-state index in [4.69, 9.17) is 5.11 Å². The van der Waals surface area contributed by atoms with Gasteiger partial charge in [-0.1, -0.05) is 13.8 Å². The average molecular weight is 383 g/mol. The number of nitrogens with zero attached hydrogens (tertiary/aromatic N) is 2. The number of fused-ring (bicyclic) bond motifs is 1. The molecular formula is C16H21N3O4S2. The van der Waals surface area contributed by atoms with Crippen LogP contribution < -0.4 is 10.9 Å². The van der Waals surface area contributed by atoms with Crippen LogP contribution in [0.15, 0.2) is 22.4 Å². The molecule has 0 spiro atoms. The van der Waals surface area contributed by atoms with Crippen LogP contribution in [0.4, 0.5) is 0 Å². The van der Waals surface area contributed by atoms with Crippen molar-refractivity contribution in [1.29, 1.82) is 0 Å². The van der Waals surface area contributed by atoms with Crippen LogP contribution in [0, 0.1) is 5.92 Å². The van der Waals surface area contributed by atoms with Crippen molar-refractivity contribution in [3.8, 4) is 0 Å². The lowest BCUT2D eigenvalue weighted by Gasteiger charge is -2.33. The topological polar surface area (TPSA) is 101 Å². The van der Waals surface area contributed by atoms with Gasteiger partial charge in [0.15, 0.2) is 4.96 Å². The van der Waals surface area contributed by atoms with Gasteiger partial charge in [0.2, 0.25) is 5.91 Å². The molecule has 2 aromatic rings. The van der Waals surface area contributed by atoms with Gasteiger partial charge in [0.1, 0.15) is 0 Å². The van der Waals surface area contributed by atoms with Crippen LogP contribution in [0.25, 0.3) is 4.96 Å². The number of thiazole rings is 1. The fraction of sp³-hybridized carbons (Fsp3) is 0.500. The molecular weight excluding hydrogens is 362 g/mol. The molecule has 2 rings (SSSR count). The van der Waals surface area contributed by atoms with Gasteiger partial charge in [-0.3, -0.25) is 18.8 Å². The van der Waals surface area contributed by atoms with Gasteiger partial charge in [0.05, 0.1) is 17.9 Å². The standard InChI is InChI=1S/C16H21N3O4S2/c1-10(2)16(3,7-14(22)23)18-12(20)9-24-8-11-6-13(21)19-4-5-25-15(19)17-11/h4-6,10H,7-9H2,1-3H3,(H,18,20)(H,22,23). The summed E-state index contributed by atoms with van der Waals surface area (Å²) in [6, 6.07) is 1.47. The first-order valence-corrected chi connectivity index (χ1v) is 9.81. The first-order chi connectivity index (χ1) is 11.7. The van der Waals surface area contributed by atoms with Crippen LogP contribution >= 0.6 is 23.1 Å². The average Bonchev–Trinajstić information content (AvgIpc) is 2.95. The number of aliphatic carboxylic acids is 1. The number of carboxylic acid groups (broad SMARTS) is 1. The second-order valence-electron chi connectivity index (χ2n) is 6.32. The SMILES string of the molecule is CC(C)C(C)(CC(=O)O)NC(=O)CSCc1cc(=O)n2ccsc2n1. The van der Waals surface area contributed by atoms with Crippen molar-refractivity contribution in [3.63, 3.8) is 0 Å². The Kier molecular flexibility index (Phi) is 6.23. The predicted molar refractivity (Wildman–Crippen MR) is 99.1 cm³/mol. The molecule has 9 heteroatoms. The normalized spacial score (nSPS) is 13.8. The number of carbonyl (C=O) groups excluding carboxylic acids is 1. The van der Waals surface area contributed by atoms with Crippen LogP contribution in [0.3, 0.4) is 0 Å². The summed E-state index contributed by atoms with van der Waals surface area (Å²) >= 11 is 2.72. The number of thioether (sulfide) groups is 1. The second-order valence-corrected chi connectivity index (χ2v) is 8.18. The molecule has 136 valence electrons. The van der Waals surface area contributed by atoms with Crippen molar-refractivity contribution < 1.29 is 14.7 Å². The molecule has 7 nitrogen and oxygen atoms in total. The van der Waals surface area contributed by atoms with E-state index in [0.29, 0.717) is 16.4 Å². The Balaban J connectivity index is 1.92. The highest BCUT2D eigenvalue weighted by atomic mass is 32.2. The number of nitrogens with one attached hydrogen (secondary N) is 1. The molecule has 1 atom stereocenters. The van der Waals surface area contributed by atoms with E-state index in [0.717, 1.165) is 0 Å². The molecule has 0 aromatic carbocycles. The van der Waals surface area contributed by atoms with Gasteiger partial charge in [-0.2, -0.15) is 0 Å². The van der Waals surface area contributed by atoms with Crippen molar-refractivity contribution in [1.82, 2.24) is 14.7 Å². The number of aromatic nitrogens is 2. The zero-order chi connectivity index (χ0) is 18.6.